The van der Waals surface area contributed by atoms with E-state index in [9.17, 15) is 0 Å². The van der Waals surface area contributed by atoms with Crippen LogP contribution in [0.3, 0.4) is 0 Å². The van der Waals surface area contributed by atoms with E-state index in [-0.39, 0.29) is 0 Å². The number of hydrogen-bond donors (Lipinski definition) is 0. The van der Waals surface area contributed by atoms with Crippen molar-refractivity contribution < 1.29 is 0 Å². The SMILES string of the molecule is CCN(C)C1CCC(N2CCCC2)CC1. The number of likely N-dealkylation sites (tertiary alicyclic amines) is 1. The fourth-order valence-electron chi connectivity index (χ4n) is 3.23. The average molecular weight is 210 g/mol. The molecule has 0 atom stereocenters. The Kier molecular flexibility index (Phi) is 4.04. The van der Waals surface area contributed by atoms with Crippen LogP contribution in [0.5, 0.6) is 0 Å². The Morgan fingerprint density at radius 3 is 2.20 bits per heavy atom. The maximum absolute atomic E-state index is 2.74. The molecule has 88 valence electrons. The lowest BCUT2D eigenvalue weighted by Crippen LogP contribution is -2.41. The molecule has 0 radical (unpaired) electrons. The maximum atomic E-state index is 2.74. The Bertz CT molecular complexity index is 179. The lowest BCUT2D eigenvalue weighted by molar-refractivity contribution is 0.127. The molecular formula is C13H26N2. The van der Waals surface area contributed by atoms with Gasteiger partial charge in [-0.2, -0.15) is 0 Å². The number of nitrogens with zero attached hydrogens (tertiary/aromatic N) is 2. The van der Waals surface area contributed by atoms with Gasteiger partial charge in [0.25, 0.3) is 0 Å². The van der Waals surface area contributed by atoms with Crippen LogP contribution in [0.1, 0.15) is 45.4 Å². The van der Waals surface area contributed by atoms with Gasteiger partial charge in [-0.15, -0.1) is 0 Å². The first-order chi connectivity index (χ1) is 7.31. The predicted octanol–water partition coefficient (Wildman–Crippen LogP) is 2.35. The van der Waals surface area contributed by atoms with Crippen molar-refractivity contribution >= 4 is 0 Å². The van der Waals surface area contributed by atoms with Gasteiger partial charge < -0.3 is 9.80 Å². The van der Waals surface area contributed by atoms with Crippen molar-refractivity contribution in [2.24, 2.45) is 0 Å². The molecule has 0 aromatic heterocycles. The zero-order valence-corrected chi connectivity index (χ0v) is 10.4. The van der Waals surface area contributed by atoms with Crippen LogP contribution >= 0.6 is 0 Å². The Labute approximate surface area is 94.6 Å². The monoisotopic (exact) mass is 210 g/mol. The molecule has 0 spiro atoms. The molecular weight excluding hydrogens is 184 g/mol. The van der Waals surface area contributed by atoms with E-state index in [0.29, 0.717) is 0 Å². The fourth-order valence-corrected chi connectivity index (χ4v) is 3.23. The quantitative estimate of drug-likeness (QED) is 0.705. The van der Waals surface area contributed by atoms with Gasteiger partial charge in [0.05, 0.1) is 0 Å². The molecule has 0 aromatic rings. The molecule has 15 heavy (non-hydrogen) atoms. The van der Waals surface area contributed by atoms with E-state index < -0.39 is 0 Å². The minimum Gasteiger partial charge on any atom is -0.304 e. The van der Waals surface area contributed by atoms with E-state index in [1.54, 1.807) is 0 Å². The first-order valence-corrected chi connectivity index (χ1v) is 6.75. The summed E-state index contributed by atoms with van der Waals surface area (Å²) in [6, 6.07) is 1.79. The second-order valence-electron chi connectivity index (χ2n) is 5.28. The third-order valence-electron chi connectivity index (χ3n) is 4.45. The summed E-state index contributed by atoms with van der Waals surface area (Å²) in [6.45, 7) is 6.23. The first-order valence-electron chi connectivity index (χ1n) is 6.75. The van der Waals surface area contributed by atoms with Crippen LogP contribution in [-0.4, -0.2) is 48.6 Å². The highest BCUT2D eigenvalue weighted by atomic mass is 15.2. The molecule has 2 heteroatoms. The first kappa shape index (κ1) is 11.4. The molecule has 2 aliphatic rings. The second kappa shape index (κ2) is 5.31. The van der Waals surface area contributed by atoms with Gasteiger partial charge in [0.1, 0.15) is 0 Å². The van der Waals surface area contributed by atoms with E-state index in [1.807, 2.05) is 0 Å². The lowest BCUT2D eigenvalue weighted by Gasteiger charge is -2.37. The largest absolute Gasteiger partial charge is 0.304 e. The Morgan fingerprint density at radius 1 is 1.07 bits per heavy atom. The fraction of sp³-hybridized carbons (Fsp3) is 1.00. The third-order valence-corrected chi connectivity index (χ3v) is 4.45. The smallest absolute Gasteiger partial charge is 0.00964 e. The third kappa shape index (κ3) is 2.73. The minimum atomic E-state index is 0.869. The van der Waals surface area contributed by atoms with Gasteiger partial charge >= 0.3 is 0 Å². The van der Waals surface area contributed by atoms with E-state index in [2.05, 4.69) is 23.8 Å². The van der Waals surface area contributed by atoms with Crippen LogP contribution in [0.4, 0.5) is 0 Å². The Balaban J connectivity index is 1.76. The van der Waals surface area contributed by atoms with Crippen LogP contribution in [0, 0.1) is 0 Å². The summed E-state index contributed by atoms with van der Waals surface area (Å²) >= 11 is 0. The molecule has 2 nitrogen and oxygen atoms in total. The molecule has 0 amide bonds. The topological polar surface area (TPSA) is 6.48 Å². The summed E-state index contributed by atoms with van der Waals surface area (Å²) in [4.78, 5) is 5.27. The van der Waals surface area contributed by atoms with Crippen LogP contribution in [0.2, 0.25) is 0 Å². The summed E-state index contributed by atoms with van der Waals surface area (Å²) in [6.07, 6.45) is 8.60. The van der Waals surface area contributed by atoms with Crippen molar-refractivity contribution in [3.63, 3.8) is 0 Å². The summed E-state index contributed by atoms with van der Waals surface area (Å²) < 4.78 is 0. The van der Waals surface area contributed by atoms with Gasteiger partial charge in [-0.25, -0.2) is 0 Å². The van der Waals surface area contributed by atoms with Gasteiger partial charge in [-0.1, -0.05) is 6.92 Å². The Hall–Kier alpha value is -0.0800. The molecule has 0 bridgehead atoms. The molecule has 1 saturated carbocycles. The summed E-state index contributed by atoms with van der Waals surface area (Å²) in [5, 5.41) is 0. The highest BCUT2D eigenvalue weighted by molar-refractivity contribution is 4.84. The van der Waals surface area contributed by atoms with E-state index in [0.717, 1.165) is 12.1 Å². The lowest BCUT2D eigenvalue weighted by atomic mass is 9.89. The normalized spacial score (nSPS) is 33.8. The summed E-state index contributed by atoms with van der Waals surface area (Å²) in [7, 11) is 2.28. The predicted molar refractivity (Wildman–Crippen MR) is 65.2 cm³/mol. The zero-order chi connectivity index (χ0) is 10.7. The number of rotatable bonds is 3. The highest BCUT2D eigenvalue weighted by Gasteiger charge is 2.28. The van der Waals surface area contributed by atoms with Crippen LogP contribution < -0.4 is 0 Å². The molecule has 1 saturated heterocycles. The van der Waals surface area contributed by atoms with Crippen molar-refractivity contribution in [3.05, 3.63) is 0 Å². The molecule has 0 aromatic carbocycles. The van der Waals surface area contributed by atoms with Gasteiger partial charge in [0.15, 0.2) is 0 Å². The summed E-state index contributed by atoms with van der Waals surface area (Å²) in [5.41, 5.74) is 0. The second-order valence-corrected chi connectivity index (χ2v) is 5.28. The van der Waals surface area contributed by atoms with E-state index in [1.165, 1.54) is 58.2 Å². The van der Waals surface area contributed by atoms with Gasteiger partial charge in [-0.05, 0) is 65.2 Å². The molecule has 2 rings (SSSR count). The molecule has 1 aliphatic heterocycles. The van der Waals surface area contributed by atoms with E-state index >= 15 is 0 Å². The summed E-state index contributed by atoms with van der Waals surface area (Å²) in [5.74, 6) is 0. The minimum absolute atomic E-state index is 0.869. The zero-order valence-electron chi connectivity index (χ0n) is 10.4. The number of hydrogen-bond acceptors (Lipinski definition) is 2. The molecule has 1 aliphatic carbocycles. The van der Waals surface area contributed by atoms with Gasteiger partial charge in [0, 0.05) is 12.1 Å². The maximum Gasteiger partial charge on any atom is 0.00964 e. The van der Waals surface area contributed by atoms with Gasteiger partial charge in [0.2, 0.25) is 0 Å². The van der Waals surface area contributed by atoms with Gasteiger partial charge in [-0.3, -0.25) is 0 Å². The molecule has 2 fully saturated rings. The molecule has 1 heterocycles. The van der Waals surface area contributed by atoms with Crippen molar-refractivity contribution in [2.75, 3.05) is 26.7 Å². The van der Waals surface area contributed by atoms with Crippen molar-refractivity contribution in [3.8, 4) is 0 Å². The van der Waals surface area contributed by atoms with Crippen LogP contribution in [0.25, 0.3) is 0 Å². The molecule has 0 N–H and O–H groups in total. The van der Waals surface area contributed by atoms with E-state index in [4.69, 9.17) is 0 Å². The highest BCUT2D eigenvalue weighted by Crippen LogP contribution is 2.27. The standard InChI is InChI=1S/C13H26N2/c1-3-14(2)12-6-8-13(9-7-12)15-10-4-5-11-15/h12-13H,3-11H2,1-2H3. The molecule has 0 unspecified atom stereocenters. The van der Waals surface area contributed by atoms with Crippen molar-refractivity contribution in [2.45, 2.75) is 57.5 Å². The van der Waals surface area contributed by atoms with Crippen LogP contribution in [0.15, 0.2) is 0 Å². The van der Waals surface area contributed by atoms with Crippen molar-refractivity contribution in [1.82, 2.24) is 9.80 Å². The van der Waals surface area contributed by atoms with Crippen molar-refractivity contribution in [1.29, 1.82) is 0 Å². The Morgan fingerprint density at radius 2 is 1.67 bits per heavy atom. The average Bonchev–Trinajstić information content (AvgIpc) is 2.82. The van der Waals surface area contributed by atoms with Crippen LogP contribution in [-0.2, 0) is 0 Å².